The van der Waals surface area contributed by atoms with Gasteiger partial charge in [0.15, 0.2) is 0 Å². The zero-order valence-corrected chi connectivity index (χ0v) is 10.9. The maximum absolute atomic E-state index is 11.5. The van der Waals surface area contributed by atoms with Gasteiger partial charge in [0, 0.05) is 18.5 Å². The lowest BCUT2D eigenvalue weighted by molar-refractivity contribution is -0.126. The minimum absolute atomic E-state index is 0.0478. The number of carbonyl (C=O) groups excluding carboxylic acids is 2. The normalized spacial score (nSPS) is 17.4. The van der Waals surface area contributed by atoms with Crippen LogP contribution in [0.15, 0.2) is 0 Å². The molecule has 1 rings (SSSR count). The Morgan fingerprint density at radius 1 is 1.29 bits per heavy atom. The van der Waals surface area contributed by atoms with Gasteiger partial charge in [-0.2, -0.15) is 0 Å². The molecule has 1 aliphatic rings. The molecule has 5 heteroatoms. The van der Waals surface area contributed by atoms with Crippen LogP contribution in [-0.4, -0.2) is 30.4 Å². The second kappa shape index (κ2) is 5.49. The number of nitrogens with one attached hydrogen (secondary N) is 2. The van der Waals surface area contributed by atoms with E-state index < -0.39 is 0 Å². The first-order valence-corrected chi connectivity index (χ1v) is 6.10. The lowest BCUT2D eigenvalue weighted by Crippen LogP contribution is -2.43. The molecule has 98 valence electrons. The zero-order chi connectivity index (χ0) is 13.1. The topological polar surface area (TPSA) is 84.2 Å². The monoisotopic (exact) mass is 241 g/mol. The van der Waals surface area contributed by atoms with E-state index in [1.807, 2.05) is 20.8 Å². The number of carbonyl (C=O) groups is 2. The van der Waals surface area contributed by atoms with E-state index in [4.69, 9.17) is 5.73 Å². The maximum atomic E-state index is 11.5. The van der Waals surface area contributed by atoms with Crippen molar-refractivity contribution in [3.8, 4) is 0 Å². The summed E-state index contributed by atoms with van der Waals surface area (Å²) in [5.74, 6) is -0.288. The van der Waals surface area contributed by atoms with Gasteiger partial charge >= 0.3 is 0 Å². The molecule has 0 saturated heterocycles. The highest BCUT2D eigenvalue weighted by atomic mass is 16.2. The lowest BCUT2D eigenvalue weighted by atomic mass is 9.85. The van der Waals surface area contributed by atoms with Crippen molar-refractivity contribution in [2.75, 3.05) is 6.54 Å². The van der Waals surface area contributed by atoms with E-state index in [0.717, 1.165) is 12.8 Å². The van der Waals surface area contributed by atoms with Gasteiger partial charge in [-0.1, -0.05) is 20.8 Å². The van der Waals surface area contributed by atoms with Crippen LogP contribution < -0.4 is 16.4 Å². The summed E-state index contributed by atoms with van der Waals surface area (Å²) >= 11 is 0. The standard InChI is InChI=1S/C12H23N3O2/c1-12(2,3)9(13)6-10(16)14-7-11(17)15-8-4-5-8/h8-9H,4-7,13H2,1-3H3,(H,14,16)(H,15,17). The third kappa shape index (κ3) is 5.68. The molecule has 0 bridgehead atoms. The highest BCUT2D eigenvalue weighted by Crippen LogP contribution is 2.19. The van der Waals surface area contributed by atoms with E-state index in [-0.39, 0.29) is 36.2 Å². The molecule has 1 unspecified atom stereocenters. The molecule has 0 aliphatic heterocycles. The first kappa shape index (κ1) is 14.0. The molecule has 0 aromatic heterocycles. The van der Waals surface area contributed by atoms with E-state index in [1.54, 1.807) is 0 Å². The Kier molecular flexibility index (Phi) is 4.51. The van der Waals surface area contributed by atoms with Crippen molar-refractivity contribution in [3.63, 3.8) is 0 Å². The van der Waals surface area contributed by atoms with Gasteiger partial charge in [0.2, 0.25) is 11.8 Å². The molecule has 1 saturated carbocycles. The number of hydrogen-bond acceptors (Lipinski definition) is 3. The molecular formula is C12H23N3O2. The number of amides is 2. The first-order valence-electron chi connectivity index (χ1n) is 6.10. The predicted molar refractivity (Wildman–Crippen MR) is 66.2 cm³/mol. The minimum Gasteiger partial charge on any atom is -0.352 e. The van der Waals surface area contributed by atoms with Crippen LogP contribution in [0.3, 0.4) is 0 Å². The number of hydrogen-bond donors (Lipinski definition) is 3. The molecule has 17 heavy (non-hydrogen) atoms. The summed E-state index contributed by atoms with van der Waals surface area (Å²) in [6.07, 6.45) is 2.35. The summed E-state index contributed by atoms with van der Waals surface area (Å²) in [6.45, 7) is 6.02. The molecule has 1 fully saturated rings. The number of rotatable bonds is 5. The van der Waals surface area contributed by atoms with Crippen molar-refractivity contribution < 1.29 is 9.59 Å². The molecule has 0 aromatic rings. The quantitative estimate of drug-likeness (QED) is 0.640. The third-order valence-corrected chi connectivity index (χ3v) is 2.91. The molecule has 0 radical (unpaired) electrons. The second-order valence-electron chi connectivity index (χ2n) is 5.80. The van der Waals surface area contributed by atoms with Crippen molar-refractivity contribution >= 4 is 11.8 Å². The summed E-state index contributed by atoms with van der Waals surface area (Å²) in [5.41, 5.74) is 5.78. The third-order valence-electron chi connectivity index (χ3n) is 2.91. The van der Waals surface area contributed by atoms with Crippen LogP contribution in [0.5, 0.6) is 0 Å². The average molecular weight is 241 g/mol. The summed E-state index contributed by atoms with van der Waals surface area (Å²) < 4.78 is 0. The van der Waals surface area contributed by atoms with Crippen LogP contribution >= 0.6 is 0 Å². The molecular weight excluding hydrogens is 218 g/mol. The summed E-state index contributed by atoms with van der Waals surface area (Å²) in [5, 5.41) is 5.40. The fourth-order valence-corrected chi connectivity index (χ4v) is 1.26. The SMILES string of the molecule is CC(C)(C)C(N)CC(=O)NCC(=O)NC1CC1. The van der Waals surface area contributed by atoms with E-state index in [1.165, 1.54) is 0 Å². The molecule has 0 spiro atoms. The van der Waals surface area contributed by atoms with Gasteiger partial charge in [-0.25, -0.2) is 0 Å². The summed E-state index contributed by atoms with van der Waals surface area (Å²) in [7, 11) is 0. The molecule has 0 aromatic carbocycles. The molecule has 4 N–H and O–H groups in total. The van der Waals surface area contributed by atoms with Crippen LogP contribution in [0.4, 0.5) is 0 Å². The van der Waals surface area contributed by atoms with Crippen LogP contribution in [0, 0.1) is 5.41 Å². The predicted octanol–water partition coefficient (Wildman–Crippen LogP) is 0.145. The molecule has 0 heterocycles. The molecule has 5 nitrogen and oxygen atoms in total. The van der Waals surface area contributed by atoms with Crippen molar-refractivity contribution in [3.05, 3.63) is 0 Å². The molecule has 2 amide bonds. The van der Waals surface area contributed by atoms with Gasteiger partial charge in [0.1, 0.15) is 0 Å². The van der Waals surface area contributed by atoms with E-state index >= 15 is 0 Å². The van der Waals surface area contributed by atoms with Gasteiger partial charge in [0.25, 0.3) is 0 Å². The summed E-state index contributed by atoms with van der Waals surface area (Å²) in [6, 6.07) is 0.130. The van der Waals surface area contributed by atoms with Crippen molar-refractivity contribution in [1.29, 1.82) is 0 Å². The second-order valence-corrected chi connectivity index (χ2v) is 5.80. The smallest absolute Gasteiger partial charge is 0.239 e. The lowest BCUT2D eigenvalue weighted by Gasteiger charge is -2.26. The molecule has 1 aliphatic carbocycles. The van der Waals surface area contributed by atoms with E-state index in [2.05, 4.69) is 10.6 Å². The highest BCUT2D eigenvalue weighted by Gasteiger charge is 2.25. The molecule has 1 atom stereocenters. The Bertz CT molecular complexity index is 293. The van der Waals surface area contributed by atoms with Gasteiger partial charge in [-0.15, -0.1) is 0 Å². The fraction of sp³-hybridized carbons (Fsp3) is 0.833. The Balaban J connectivity index is 2.17. The fourth-order valence-electron chi connectivity index (χ4n) is 1.26. The Morgan fingerprint density at radius 3 is 2.35 bits per heavy atom. The van der Waals surface area contributed by atoms with Gasteiger partial charge in [0.05, 0.1) is 6.54 Å². The van der Waals surface area contributed by atoms with E-state index in [0.29, 0.717) is 6.04 Å². The number of nitrogens with two attached hydrogens (primary N) is 1. The van der Waals surface area contributed by atoms with Crippen LogP contribution in [0.2, 0.25) is 0 Å². The largest absolute Gasteiger partial charge is 0.352 e. The average Bonchev–Trinajstić information content (AvgIpc) is 2.97. The Hall–Kier alpha value is -1.10. The highest BCUT2D eigenvalue weighted by molar-refractivity contribution is 5.85. The summed E-state index contributed by atoms with van der Waals surface area (Å²) in [4.78, 5) is 22.9. The van der Waals surface area contributed by atoms with Crippen LogP contribution in [0.25, 0.3) is 0 Å². The minimum atomic E-state index is -0.200. The maximum Gasteiger partial charge on any atom is 0.239 e. The van der Waals surface area contributed by atoms with Crippen LogP contribution in [-0.2, 0) is 9.59 Å². The first-order chi connectivity index (χ1) is 7.79. The Morgan fingerprint density at radius 2 is 1.88 bits per heavy atom. The van der Waals surface area contributed by atoms with E-state index in [9.17, 15) is 9.59 Å². The van der Waals surface area contributed by atoms with Crippen molar-refractivity contribution in [2.45, 2.75) is 52.1 Å². The van der Waals surface area contributed by atoms with Crippen molar-refractivity contribution in [2.24, 2.45) is 11.1 Å². The van der Waals surface area contributed by atoms with Crippen LogP contribution in [0.1, 0.15) is 40.0 Å². The van der Waals surface area contributed by atoms with Crippen molar-refractivity contribution in [1.82, 2.24) is 10.6 Å². The van der Waals surface area contributed by atoms with Gasteiger partial charge < -0.3 is 16.4 Å². The van der Waals surface area contributed by atoms with Gasteiger partial charge in [-0.3, -0.25) is 9.59 Å². The van der Waals surface area contributed by atoms with Gasteiger partial charge in [-0.05, 0) is 18.3 Å². The zero-order valence-electron chi connectivity index (χ0n) is 10.9. The Labute approximate surface area is 103 Å².